The first kappa shape index (κ1) is 28.1. The van der Waals surface area contributed by atoms with Crippen LogP contribution in [0.25, 0.3) is 22.3 Å². The normalized spacial score (nSPS) is 29.6. The largest absolute Gasteiger partial charge is 0.394 e. The van der Waals surface area contributed by atoms with Crippen molar-refractivity contribution in [3.63, 3.8) is 0 Å². The molecular formula is C22H30N12O8. The Hall–Kier alpha value is -4.02. The minimum Gasteiger partial charge on any atom is -0.394 e. The number of nitrogen functional groups attached to an aromatic ring is 2. The van der Waals surface area contributed by atoms with Gasteiger partial charge in [-0.2, -0.15) is 19.9 Å². The zero-order valence-electron chi connectivity index (χ0n) is 21.8. The average molecular weight is 591 g/mol. The van der Waals surface area contributed by atoms with Gasteiger partial charge in [0.05, 0.1) is 25.9 Å². The van der Waals surface area contributed by atoms with Crippen molar-refractivity contribution in [1.29, 1.82) is 0 Å². The Morgan fingerprint density at radius 1 is 0.667 bits per heavy atom. The molecule has 0 bridgehead atoms. The number of nitrogens with two attached hydrogens (primary N) is 2. The lowest BCUT2D eigenvalue weighted by molar-refractivity contribution is -0.0511. The molecule has 0 saturated carbocycles. The number of aromatic nitrogens is 8. The Labute approximate surface area is 235 Å². The van der Waals surface area contributed by atoms with Crippen LogP contribution in [0, 0.1) is 0 Å². The Morgan fingerprint density at radius 3 is 1.43 bits per heavy atom. The topological polar surface area (TPSA) is 303 Å². The van der Waals surface area contributed by atoms with Gasteiger partial charge in [0.2, 0.25) is 11.9 Å². The lowest BCUT2D eigenvalue weighted by atomic mass is 10.1. The highest BCUT2D eigenvalue weighted by Gasteiger charge is 2.45. The van der Waals surface area contributed by atoms with Crippen molar-refractivity contribution in [3.8, 4) is 0 Å². The molecule has 8 atom stereocenters. The Morgan fingerprint density at radius 2 is 1.07 bits per heavy atom. The van der Waals surface area contributed by atoms with E-state index in [1.54, 1.807) is 0 Å². The van der Waals surface area contributed by atoms with Crippen LogP contribution in [0.5, 0.6) is 0 Å². The summed E-state index contributed by atoms with van der Waals surface area (Å²) in [5.41, 5.74) is 13.0. The van der Waals surface area contributed by atoms with Crippen molar-refractivity contribution in [2.45, 2.75) is 49.1 Å². The van der Waals surface area contributed by atoms with E-state index in [0.717, 1.165) is 0 Å². The van der Waals surface area contributed by atoms with Gasteiger partial charge in [-0.1, -0.05) is 0 Å². The van der Waals surface area contributed by atoms with Crippen LogP contribution in [0.15, 0.2) is 12.7 Å². The average Bonchev–Trinajstić information content (AvgIpc) is 3.72. The van der Waals surface area contributed by atoms with Gasteiger partial charge in [-0.25, -0.2) is 9.97 Å². The van der Waals surface area contributed by atoms with Gasteiger partial charge < -0.3 is 62.2 Å². The Balaban J connectivity index is 1.17. The van der Waals surface area contributed by atoms with E-state index in [1.807, 2.05) is 0 Å². The lowest BCUT2D eigenvalue weighted by Crippen LogP contribution is -2.33. The lowest BCUT2D eigenvalue weighted by Gasteiger charge is -2.17. The molecular weight excluding hydrogens is 560 g/mol. The molecule has 6 rings (SSSR count). The zero-order valence-corrected chi connectivity index (χ0v) is 21.8. The summed E-state index contributed by atoms with van der Waals surface area (Å²) in [7, 11) is 0. The Kier molecular flexibility index (Phi) is 7.36. The third-order valence-corrected chi connectivity index (χ3v) is 7.17. The predicted octanol–water partition coefficient (Wildman–Crippen LogP) is -4.12. The van der Waals surface area contributed by atoms with Crippen LogP contribution in [0.2, 0.25) is 0 Å². The number of aliphatic hydroxyl groups excluding tert-OH is 6. The molecule has 6 heterocycles. The molecule has 42 heavy (non-hydrogen) atoms. The molecule has 2 fully saturated rings. The molecule has 4 aromatic heterocycles. The highest BCUT2D eigenvalue weighted by atomic mass is 16.6. The summed E-state index contributed by atoms with van der Waals surface area (Å²) in [6, 6.07) is 0. The summed E-state index contributed by atoms with van der Waals surface area (Å²) < 4.78 is 14.0. The molecule has 12 N–H and O–H groups in total. The maximum absolute atomic E-state index is 10.4. The summed E-state index contributed by atoms with van der Waals surface area (Å²) in [4.78, 5) is 25.5. The third kappa shape index (κ3) is 4.68. The summed E-state index contributed by atoms with van der Waals surface area (Å²) in [5.74, 6) is 0.441. The minimum absolute atomic E-state index is 0.0767. The van der Waals surface area contributed by atoms with E-state index < -0.39 is 62.3 Å². The molecule has 226 valence electrons. The van der Waals surface area contributed by atoms with Crippen molar-refractivity contribution >= 4 is 45.9 Å². The summed E-state index contributed by atoms with van der Waals surface area (Å²) in [5, 5.41) is 66.1. The second-order valence-corrected chi connectivity index (χ2v) is 9.82. The molecule has 20 nitrogen and oxygen atoms in total. The molecule has 2 aliphatic rings. The van der Waals surface area contributed by atoms with E-state index in [4.69, 9.17) is 20.9 Å². The Bertz CT molecular complexity index is 1470. The van der Waals surface area contributed by atoms with Gasteiger partial charge in [-0.05, 0) is 0 Å². The number of ether oxygens (including phenoxy) is 2. The van der Waals surface area contributed by atoms with Crippen LogP contribution in [-0.2, 0) is 9.47 Å². The first-order valence-corrected chi connectivity index (χ1v) is 12.9. The number of nitrogens with one attached hydrogen (secondary N) is 2. The number of nitrogens with zero attached hydrogens (tertiary/aromatic N) is 8. The highest BCUT2D eigenvalue weighted by Crippen LogP contribution is 2.34. The number of fused-ring (bicyclic) bond motifs is 2. The summed E-state index contributed by atoms with van der Waals surface area (Å²) in [6.45, 7) is -0.390. The SMILES string of the molecule is Nc1nc(NCCNc2nc(N)nc3c2ncn3C2O[C@H](CO)[C@@H](O)[C@H]2O)c2ncn(C3O[C@@H](CO)[C@H](O)[C@@H]3O)c2n1. The van der Waals surface area contributed by atoms with Gasteiger partial charge in [0.1, 0.15) is 36.6 Å². The minimum atomic E-state index is -1.33. The monoisotopic (exact) mass is 590 g/mol. The van der Waals surface area contributed by atoms with Crippen LogP contribution in [0.3, 0.4) is 0 Å². The van der Waals surface area contributed by atoms with Crippen LogP contribution < -0.4 is 22.1 Å². The molecule has 0 radical (unpaired) electrons. The van der Waals surface area contributed by atoms with Crippen molar-refractivity contribution in [2.75, 3.05) is 48.4 Å². The molecule has 2 aliphatic heterocycles. The van der Waals surface area contributed by atoms with Crippen molar-refractivity contribution in [1.82, 2.24) is 39.0 Å². The van der Waals surface area contributed by atoms with E-state index >= 15 is 0 Å². The fourth-order valence-corrected chi connectivity index (χ4v) is 5.07. The van der Waals surface area contributed by atoms with Crippen LogP contribution in [0.1, 0.15) is 12.5 Å². The first-order chi connectivity index (χ1) is 20.2. The molecule has 0 aromatic carbocycles. The highest BCUT2D eigenvalue weighted by molar-refractivity contribution is 5.85. The zero-order chi connectivity index (χ0) is 29.7. The predicted molar refractivity (Wildman–Crippen MR) is 142 cm³/mol. The number of hydrogen-bond acceptors (Lipinski definition) is 18. The van der Waals surface area contributed by atoms with Gasteiger partial charge >= 0.3 is 0 Å². The molecule has 20 heteroatoms. The number of anilines is 4. The smallest absolute Gasteiger partial charge is 0.224 e. The molecule has 2 saturated heterocycles. The quantitative estimate of drug-likeness (QED) is 0.0827. The maximum atomic E-state index is 10.4. The fraction of sp³-hybridized carbons (Fsp3) is 0.545. The van der Waals surface area contributed by atoms with Crippen molar-refractivity contribution in [3.05, 3.63) is 12.7 Å². The van der Waals surface area contributed by atoms with E-state index in [-0.39, 0.29) is 36.3 Å². The van der Waals surface area contributed by atoms with Crippen LogP contribution in [-0.4, -0.2) is 133 Å². The molecule has 0 spiro atoms. The van der Waals surface area contributed by atoms with E-state index in [2.05, 4.69) is 40.5 Å². The standard InChI is InChI=1S/C22H30N12O8/c23-21-29-15(9-17(31-21)33(5-27-9)19-13(39)11(37)7(3-35)41-19)25-1-2-26-16-10-18(32-22(24)30-16)34(6-28-10)20-14(40)12(38)8(4-36)42-20/h5-8,11-14,19-20,35-40H,1-4H2,(H3,23,25,29,31)(H3,24,26,30,32)/t7-,8+,11-,12+,13-,14+,19?,20?. The van der Waals surface area contributed by atoms with Crippen LogP contribution >= 0.6 is 0 Å². The van der Waals surface area contributed by atoms with Crippen molar-refractivity contribution < 1.29 is 40.1 Å². The van der Waals surface area contributed by atoms with Gasteiger partial charge in [0.15, 0.2) is 46.4 Å². The molecule has 0 aliphatic carbocycles. The van der Waals surface area contributed by atoms with Gasteiger partial charge in [-0.3, -0.25) is 9.13 Å². The number of aliphatic hydroxyl groups is 6. The second-order valence-electron chi connectivity index (χ2n) is 9.82. The molecule has 4 aromatic rings. The third-order valence-electron chi connectivity index (χ3n) is 7.17. The van der Waals surface area contributed by atoms with Gasteiger partial charge in [0.25, 0.3) is 0 Å². The number of hydrogen-bond donors (Lipinski definition) is 10. The molecule has 0 amide bonds. The van der Waals surface area contributed by atoms with Gasteiger partial charge in [-0.15, -0.1) is 0 Å². The fourth-order valence-electron chi connectivity index (χ4n) is 5.07. The van der Waals surface area contributed by atoms with E-state index in [1.165, 1.54) is 21.8 Å². The second kappa shape index (κ2) is 11.0. The number of imidazole rings is 2. The maximum Gasteiger partial charge on any atom is 0.224 e. The van der Waals surface area contributed by atoms with E-state index in [0.29, 0.717) is 22.7 Å². The van der Waals surface area contributed by atoms with E-state index in [9.17, 15) is 30.6 Å². The molecule has 2 unspecified atom stereocenters. The first-order valence-electron chi connectivity index (χ1n) is 12.9. The van der Waals surface area contributed by atoms with Gasteiger partial charge in [0, 0.05) is 13.1 Å². The number of rotatable bonds is 9. The van der Waals surface area contributed by atoms with Crippen LogP contribution in [0.4, 0.5) is 23.5 Å². The summed E-state index contributed by atoms with van der Waals surface area (Å²) >= 11 is 0. The summed E-state index contributed by atoms with van der Waals surface area (Å²) in [6.07, 6.45) is -6.57. The van der Waals surface area contributed by atoms with Crippen molar-refractivity contribution in [2.24, 2.45) is 0 Å².